The first-order valence-electron chi connectivity index (χ1n) is 12.0. The van der Waals surface area contributed by atoms with E-state index in [1.54, 1.807) is 55.6 Å². The number of carbonyl (C=O) groups is 2. The van der Waals surface area contributed by atoms with Gasteiger partial charge in [-0.05, 0) is 66.9 Å². The van der Waals surface area contributed by atoms with E-state index in [4.69, 9.17) is 0 Å². The van der Waals surface area contributed by atoms with Crippen molar-refractivity contribution in [3.63, 3.8) is 0 Å². The third-order valence-corrected chi connectivity index (χ3v) is 8.36. The molecular formula is C28H24F2N4O4S. The predicted molar refractivity (Wildman–Crippen MR) is 142 cm³/mol. The van der Waals surface area contributed by atoms with Crippen LogP contribution in [0.15, 0.2) is 83.9 Å². The maximum absolute atomic E-state index is 14.1. The van der Waals surface area contributed by atoms with Gasteiger partial charge in [0.1, 0.15) is 17.2 Å². The van der Waals surface area contributed by atoms with E-state index < -0.39 is 45.1 Å². The van der Waals surface area contributed by atoms with Crippen molar-refractivity contribution in [2.45, 2.75) is 29.7 Å². The number of aromatic nitrogens is 1. The van der Waals surface area contributed by atoms with Crippen LogP contribution in [0.1, 0.15) is 23.5 Å². The van der Waals surface area contributed by atoms with Crippen LogP contribution in [0, 0.1) is 18.6 Å². The van der Waals surface area contributed by atoms with E-state index in [0.717, 1.165) is 12.1 Å². The number of fused-ring (bicyclic) bond motifs is 1. The topological polar surface area (TPSA) is 108 Å². The summed E-state index contributed by atoms with van der Waals surface area (Å²) in [6, 6.07) is 16.6. The molecule has 200 valence electrons. The summed E-state index contributed by atoms with van der Waals surface area (Å²) >= 11 is 0. The second-order valence-electron chi connectivity index (χ2n) is 9.47. The molecule has 0 spiro atoms. The van der Waals surface area contributed by atoms with Crippen LogP contribution in [-0.2, 0) is 14.8 Å². The highest BCUT2D eigenvalue weighted by molar-refractivity contribution is 7.90. The standard InChI is InChI=1S/C28H24F2N4O4S/c1-17-7-3-4-11-25(17)39(37,38)33-27(36)32-28(16-22(28)18-13-19(29)15-20(30)14-18)26(35)34(2)24-10-5-9-23-21(24)8-6-12-31-23/h3-15,22H,16H2,1-2H3,(H2,32,33,36)/t22?,28-/m0/s1. The minimum absolute atomic E-state index is 0.0000842. The van der Waals surface area contributed by atoms with E-state index in [2.05, 4.69) is 10.3 Å². The number of pyridine rings is 1. The molecule has 1 unspecified atom stereocenters. The van der Waals surface area contributed by atoms with E-state index in [9.17, 15) is 26.8 Å². The highest BCUT2D eigenvalue weighted by Crippen LogP contribution is 2.53. The molecule has 0 radical (unpaired) electrons. The molecule has 1 fully saturated rings. The number of benzene rings is 3. The van der Waals surface area contributed by atoms with Crippen molar-refractivity contribution in [2.75, 3.05) is 11.9 Å². The summed E-state index contributed by atoms with van der Waals surface area (Å²) in [6.45, 7) is 1.58. The first-order chi connectivity index (χ1) is 18.5. The van der Waals surface area contributed by atoms with Crippen molar-refractivity contribution < 1.29 is 26.8 Å². The molecule has 0 bridgehead atoms. The summed E-state index contributed by atoms with van der Waals surface area (Å²) in [4.78, 5) is 32.6. The van der Waals surface area contributed by atoms with Gasteiger partial charge in [-0.3, -0.25) is 9.78 Å². The molecule has 4 aromatic rings. The molecule has 39 heavy (non-hydrogen) atoms. The molecule has 3 aromatic carbocycles. The lowest BCUT2D eigenvalue weighted by atomic mass is 10.0. The number of amides is 3. The highest BCUT2D eigenvalue weighted by Gasteiger charge is 2.63. The molecule has 1 aliphatic rings. The fourth-order valence-electron chi connectivity index (χ4n) is 4.92. The van der Waals surface area contributed by atoms with E-state index in [1.165, 1.54) is 24.1 Å². The monoisotopic (exact) mass is 550 g/mol. The third kappa shape index (κ3) is 4.92. The SMILES string of the molecule is Cc1ccccc1S(=O)(=O)NC(=O)N[C@@]1(C(=O)N(C)c2cccc3ncccc23)CC1c1cc(F)cc(F)c1. The van der Waals surface area contributed by atoms with Crippen LogP contribution in [0.2, 0.25) is 0 Å². The molecule has 8 nitrogen and oxygen atoms in total. The number of nitrogens with one attached hydrogen (secondary N) is 2. The van der Waals surface area contributed by atoms with Gasteiger partial charge in [0.25, 0.3) is 15.9 Å². The van der Waals surface area contributed by atoms with Gasteiger partial charge < -0.3 is 10.2 Å². The Kier molecular flexibility index (Phi) is 6.55. The summed E-state index contributed by atoms with van der Waals surface area (Å²) in [5.74, 6) is -3.06. The highest BCUT2D eigenvalue weighted by atomic mass is 32.2. The average Bonchev–Trinajstić information content (AvgIpc) is 3.61. The molecule has 0 aliphatic heterocycles. The minimum atomic E-state index is -4.27. The first kappa shape index (κ1) is 26.2. The summed E-state index contributed by atoms with van der Waals surface area (Å²) < 4.78 is 55.9. The van der Waals surface area contributed by atoms with Gasteiger partial charge in [0, 0.05) is 30.6 Å². The van der Waals surface area contributed by atoms with Crippen LogP contribution in [0.4, 0.5) is 19.3 Å². The van der Waals surface area contributed by atoms with Crippen molar-refractivity contribution in [2.24, 2.45) is 0 Å². The van der Waals surface area contributed by atoms with Crippen LogP contribution in [0.25, 0.3) is 10.9 Å². The quantitative estimate of drug-likeness (QED) is 0.370. The Morgan fingerprint density at radius 3 is 2.44 bits per heavy atom. The summed E-state index contributed by atoms with van der Waals surface area (Å²) in [5.41, 5.74) is 0.0578. The van der Waals surface area contributed by atoms with Crippen molar-refractivity contribution in [1.82, 2.24) is 15.0 Å². The molecule has 3 amide bonds. The molecule has 1 aromatic heterocycles. The number of sulfonamides is 1. The summed E-state index contributed by atoms with van der Waals surface area (Å²) in [7, 11) is -2.76. The number of nitrogens with zero attached hydrogens (tertiary/aromatic N) is 2. The molecule has 2 N–H and O–H groups in total. The summed E-state index contributed by atoms with van der Waals surface area (Å²) in [6.07, 6.45) is 1.62. The minimum Gasteiger partial charge on any atom is -0.322 e. The van der Waals surface area contributed by atoms with Gasteiger partial charge in [-0.25, -0.2) is 26.7 Å². The van der Waals surface area contributed by atoms with Gasteiger partial charge >= 0.3 is 6.03 Å². The maximum atomic E-state index is 14.1. The molecule has 11 heteroatoms. The summed E-state index contributed by atoms with van der Waals surface area (Å²) in [5, 5.41) is 3.19. The number of urea groups is 1. The lowest BCUT2D eigenvalue weighted by Crippen LogP contribution is -2.54. The largest absolute Gasteiger partial charge is 0.329 e. The lowest BCUT2D eigenvalue weighted by molar-refractivity contribution is -0.121. The molecule has 0 saturated heterocycles. The number of halogens is 2. The molecule has 2 atom stereocenters. The Bertz CT molecular complexity index is 1700. The number of hydrogen-bond donors (Lipinski definition) is 2. The van der Waals surface area contributed by atoms with Gasteiger partial charge in [-0.2, -0.15) is 0 Å². The van der Waals surface area contributed by atoms with Crippen LogP contribution in [-0.4, -0.2) is 37.9 Å². The normalized spacial score (nSPS) is 18.4. The molecular weight excluding hydrogens is 526 g/mol. The second kappa shape index (κ2) is 9.73. The number of aryl methyl sites for hydroxylation is 1. The van der Waals surface area contributed by atoms with Gasteiger partial charge in [-0.15, -0.1) is 0 Å². The van der Waals surface area contributed by atoms with Crippen LogP contribution < -0.4 is 14.9 Å². The fourth-order valence-corrected chi connectivity index (χ4v) is 6.08. The lowest BCUT2D eigenvalue weighted by Gasteiger charge is -2.27. The average molecular weight is 551 g/mol. The zero-order valence-corrected chi connectivity index (χ0v) is 21.8. The van der Waals surface area contributed by atoms with E-state index >= 15 is 0 Å². The molecule has 5 rings (SSSR count). The smallest absolute Gasteiger partial charge is 0.322 e. The van der Waals surface area contributed by atoms with E-state index in [0.29, 0.717) is 28.2 Å². The Morgan fingerprint density at radius 1 is 1.00 bits per heavy atom. The van der Waals surface area contributed by atoms with Crippen molar-refractivity contribution in [3.05, 3.63) is 102 Å². The van der Waals surface area contributed by atoms with Crippen molar-refractivity contribution >= 4 is 38.6 Å². The second-order valence-corrected chi connectivity index (χ2v) is 11.1. The van der Waals surface area contributed by atoms with E-state index in [-0.39, 0.29) is 16.9 Å². The van der Waals surface area contributed by atoms with Crippen LogP contribution in [0.3, 0.4) is 0 Å². The Hall–Kier alpha value is -4.38. The Labute approximate surface area is 223 Å². The Balaban J connectivity index is 1.50. The van der Waals surface area contributed by atoms with Gasteiger partial charge in [0.2, 0.25) is 0 Å². The first-order valence-corrected chi connectivity index (χ1v) is 13.5. The number of carbonyl (C=O) groups excluding carboxylic acids is 2. The number of likely N-dealkylation sites (N-methyl/N-ethyl adjacent to an activating group) is 1. The zero-order chi connectivity index (χ0) is 27.9. The zero-order valence-electron chi connectivity index (χ0n) is 21.0. The van der Waals surface area contributed by atoms with Crippen LogP contribution in [0.5, 0.6) is 0 Å². The molecule has 1 aliphatic carbocycles. The van der Waals surface area contributed by atoms with Crippen molar-refractivity contribution in [3.8, 4) is 0 Å². The number of anilines is 1. The van der Waals surface area contributed by atoms with Gasteiger partial charge in [0.15, 0.2) is 0 Å². The Morgan fingerprint density at radius 2 is 1.72 bits per heavy atom. The van der Waals surface area contributed by atoms with E-state index in [1.807, 2.05) is 4.72 Å². The third-order valence-electron chi connectivity index (χ3n) is 6.87. The number of rotatable bonds is 6. The van der Waals surface area contributed by atoms with Crippen molar-refractivity contribution in [1.29, 1.82) is 0 Å². The number of hydrogen-bond acceptors (Lipinski definition) is 5. The van der Waals surface area contributed by atoms with Gasteiger partial charge in [-0.1, -0.05) is 24.3 Å². The fraction of sp³-hybridized carbons (Fsp3) is 0.179. The molecule has 1 heterocycles. The predicted octanol–water partition coefficient (Wildman–Crippen LogP) is 4.40. The van der Waals surface area contributed by atoms with Gasteiger partial charge in [0.05, 0.1) is 16.1 Å². The maximum Gasteiger partial charge on any atom is 0.329 e. The molecule has 1 saturated carbocycles. The van der Waals surface area contributed by atoms with Crippen LogP contribution >= 0.6 is 0 Å².